The van der Waals surface area contributed by atoms with Gasteiger partial charge in [-0.25, -0.2) is 9.98 Å². The molecule has 5 rings (SSSR count). The highest BCUT2D eigenvalue weighted by Crippen LogP contribution is 2.28. The van der Waals surface area contributed by atoms with Crippen LogP contribution in [-0.2, 0) is 4.74 Å². The molecule has 6 nitrogen and oxygen atoms in total. The quantitative estimate of drug-likeness (QED) is 0.527. The minimum Gasteiger partial charge on any atom is -0.475 e. The second-order valence-electron chi connectivity index (χ2n) is 6.88. The molecule has 0 bridgehead atoms. The second kappa shape index (κ2) is 8.13. The van der Waals surface area contributed by atoms with Crippen molar-refractivity contribution in [3.63, 3.8) is 0 Å². The number of hydrogen-bond donors (Lipinski definition) is 1. The molecule has 0 unspecified atom stereocenters. The molecule has 1 aromatic heterocycles. The number of ether oxygens (including phenoxy) is 1. The van der Waals surface area contributed by atoms with Gasteiger partial charge < -0.3 is 10.1 Å². The third-order valence-corrected chi connectivity index (χ3v) is 4.87. The Hall–Kier alpha value is -4.06. The zero-order valence-electron chi connectivity index (χ0n) is 16.1. The van der Waals surface area contributed by atoms with Crippen molar-refractivity contribution in [2.24, 2.45) is 4.99 Å². The summed E-state index contributed by atoms with van der Waals surface area (Å²) in [5, 5.41) is 11.8. The maximum Gasteiger partial charge on any atom is 0.247 e. The van der Waals surface area contributed by atoms with E-state index < -0.39 is 0 Å². The van der Waals surface area contributed by atoms with E-state index in [1.54, 1.807) is 6.20 Å². The van der Waals surface area contributed by atoms with Gasteiger partial charge in [0.2, 0.25) is 11.8 Å². The van der Waals surface area contributed by atoms with Gasteiger partial charge in [-0.3, -0.25) is 0 Å². The summed E-state index contributed by atoms with van der Waals surface area (Å²) in [4.78, 5) is 9.20. The topological polar surface area (TPSA) is 72.3 Å². The highest BCUT2D eigenvalue weighted by atomic mass is 16.5. The van der Waals surface area contributed by atoms with Crippen LogP contribution in [0.25, 0.3) is 11.3 Å². The Morgan fingerprint density at radius 2 is 1.53 bits per heavy atom. The molecule has 6 heteroatoms. The van der Waals surface area contributed by atoms with Crippen LogP contribution in [0.4, 0.5) is 11.6 Å². The van der Waals surface area contributed by atoms with Crippen LogP contribution in [0.1, 0.15) is 17.2 Å². The van der Waals surface area contributed by atoms with Gasteiger partial charge in [-0.2, -0.15) is 0 Å². The summed E-state index contributed by atoms with van der Waals surface area (Å²) in [6.45, 7) is 0.525. The van der Waals surface area contributed by atoms with Crippen LogP contribution in [0.2, 0.25) is 0 Å². The molecule has 1 aliphatic rings. The predicted molar refractivity (Wildman–Crippen MR) is 117 cm³/mol. The Balaban J connectivity index is 1.38. The first-order chi connectivity index (χ1) is 14.9. The number of nitrogens with zero attached hydrogens (tertiary/aromatic N) is 4. The standard InChI is InChI=1S/C24H19N5O/c1-3-9-17(10-4-1)21-15-25-24(29-28-21)27-20-14-8-7-13-19(20)23-26-22(16-30-23)18-11-5-2-6-12-18/h1-15,22H,16H2,(H,25,27,29)/t22-/m1/s1. The van der Waals surface area contributed by atoms with Crippen LogP contribution in [0.3, 0.4) is 0 Å². The molecule has 3 aromatic carbocycles. The van der Waals surface area contributed by atoms with Crippen molar-refractivity contribution < 1.29 is 4.74 Å². The molecule has 1 atom stereocenters. The lowest BCUT2D eigenvalue weighted by molar-refractivity contribution is 0.320. The van der Waals surface area contributed by atoms with Gasteiger partial charge in [-0.15, -0.1) is 10.2 Å². The number of para-hydroxylation sites is 1. The predicted octanol–water partition coefficient (Wildman–Crippen LogP) is 4.80. The van der Waals surface area contributed by atoms with E-state index in [0.717, 1.165) is 28.1 Å². The average Bonchev–Trinajstić information content (AvgIpc) is 3.31. The fraction of sp³-hybridized carbons (Fsp3) is 0.0833. The first kappa shape index (κ1) is 18.0. The molecule has 0 amide bonds. The molecule has 30 heavy (non-hydrogen) atoms. The molecule has 4 aromatic rings. The fourth-order valence-corrected chi connectivity index (χ4v) is 3.34. The summed E-state index contributed by atoms with van der Waals surface area (Å²) < 4.78 is 5.91. The zero-order chi connectivity index (χ0) is 20.2. The van der Waals surface area contributed by atoms with E-state index in [9.17, 15) is 0 Å². The number of rotatable bonds is 5. The Kier molecular flexibility index (Phi) is 4.88. The highest BCUT2D eigenvalue weighted by molar-refractivity contribution is 6.00. The van der Waals surface area contributed by atoms with Gasteiger partial charge in [0.25, 0.3) is 0 Å². The Morgan fingerprint density at radius 1 is 0.800 bits per heavy atom. The first-order valence-electron chi connectivity index (χ1n) is 9.74. The van der Waals surface area contributed by atoms with Crippen LogP contribution < -0.4 is 5.32 Å². The van der Waals surface area contributed by atoms with Gasteiger partial charge in [0.15, 0.2) is 0 Å². The largest absolute Gasteiger partial charge is 0.475 e. The van der Waals surface area contributed by atoms with Gasteiger partial charge in [-0.1, -0.05) is 72.8 Å². The Labute approximate surface area is 174 Å². The number of benzene rings is 3. The van der Waals surface area contributed by atoms with Gasteiger partial charge in [0.05, 0.1) is 17.4 Å². The maximum absolute atomic E-state index is 5.91. The van der Waals surface area contributed by atoms with Crippen molar-refractivity contribution in [1.29, 1.82) is 0 Å². The zero-order valence-corrected chi connectivity index (χ0v) is 16.1. The number of nitrogens with one attached hydrogen (secondary N) is 1. The number of aliphatic imine (C=N–C) groups is 1. The van der Waals surface area contributed by atoms with Gasteiger partial charge in [0, 0.05) is 5.56 Å². The van der Waals surface area contributed by atoms with Crippen LogP contribution in [-0.4, -0.2) is 27.7 Å². The molecule has 1 N–H and O–H groups in total. The maximum atomic E-state index is 5.91. The molecular formula is C24H19N5O. The number of aromatic nitrogens is 3. The minimum absolute atomic E-state index is 0.00247. The summed E-state index contributed by atoms with van der Waals surface area (Å²) in [5.74, 6) is 1.03. The van der Waals surface area contributed by atoms with E-state index in [1.165, 1.54) is 0 Å². The smallest absolute Gasteiger partial charge is 0.247 e. The monoisotopic (exact) mass is 393 g/mol. The van der Waals surface area contributed by atoms with Gasteiger partial charge in [-0.05, 0) is 17.7 Å². The third kappa shape index (κ3) is 3.75. The Bertz CT molecular complexity index is 1160. The minimum atomic E-state index is -0.00247. The molecule has 2 heterocycles. The van der Waals surface area contributed by atoms with Crippen molar-refractivity contribution in [3.8, 4) is 11.3 Å². The van der Waals surface area contributed by atoms with Crippen molar-refractivity contribution in [3.05, 3.63) is 102 Å². The summed E-state index contributed by atoms with van der Waals surface area (Å²) >= 11 is 0. The van der Waals surface area contributed by atoms with Gasteiger partial charge >= 0.3 is 0 Å². The lowest BCUT2D eigenvalue weighted by Crippen LogP contribution is -2.07. The van der Waals surface area contributed by atoms with E-state index in [4.69, 9.17) is 9.73 Å². The molecule has 0 spiro atoms. The number of hydrogen-bond acceptors (Lipinski definition) is 6. The van der Waals surface area contributed by atoms with Crippen LogP contribution in [0.5, 0.6) is 0 Å². The third-order valence-electron chi connectivity index (χ3n) is 4.87. The van der Waals surface area contributed by atoms with Gasteiger partial charge in [0.1, 0.15) is 18.3 Å². The summed E-state index contributed by atoms with van der Waals surface area (Å²) in [5.41, 5.74) is 4.53. The lowest BCUT2D eigenvalue weighted by Gasteiger charge is -2.10. The molecule has 0 fully saturated rings. The van der Waals surface area contributed by atoms with Crippen LogP contribution in [0, 0.1) is 0 Å². The molecule has 0 aliphatic carbocycles. The lowest BCUT2D eigenvalue weighted by atomic mass is 10.1. The molecule has 146 valence electrons. The molecular weight excluding hydrogens is 374 g/mol. The normalized spacial score (nSPS) is 15.3. The highest BCUT2D eigenvalue weighted by Gasteiger charge is 2.23. The summed E-state index contributed by atoms with van der Waals surface area (Å²) in [7, 11) is 0. The second-order valence-corrected chi connectivity index (χ2v) is 6.88. The van der Waals surface area contributed by atoms with E-state index in [1.807, 2.05) is 72.8 Å². The number of anilines is 2. The molecule has 0 radical (unpaired) electrons. The van der Waals surface area contributed by atoms with E-state index >= 15 is 0 Å². The first-order valence-corrected chi connectivity index (χ1v) is 9.74. The summed E-state index contributed by atoms with van der Waals surface area (Å²) in [6.07, 6.45) is 1.71. The van der Waals surface area contributed by atoms with E-state index in [-0.39, 0.29) is 6.04 Å². The van der Waals surface area contributed by atoms with Crippen molar-refractivity contribution in [2.75, 3.05) is 11.9 Å². The SMILES string of the molecule is c1ccc(-c2cnc(Nc3ccccc3C3=N[C@@H](c4ccccc4)CO3)nn2)cc1. The fourth-order valence-electron chi connectivity index (χ4n) is 3.34. The average molecular weight is 393 g/mol. The van der Waals surface area contributed by atoms with Crippen LogP contribution in [0.15, 0.2) is 96.1 Å². The van der Waals surface area contributed by atoms with Crippen LogP contribution >= 0.6 is 0 Å². The van der Waals surface area contributed by atoms with Crippen molar-refractivity contribution in [1.82, 2.24) is 15.2 Å². The van der Waals surface area contributed by atoms with Crippen molar-refractivity contribution in [2.45, 2.75) is 6.04 Å². The molecule has 0 saturated carbocycles. The molecule has 1 aliphatic heterocycles. The molecule has 0 saturated heterocycles. The van der Waals surface area contributed by atoms with E-state index in [2.05, 4.69) is 32.6 Å². The van der Waals surface area contributed by atoms with E-state index in [0.29, 0.717) is 18.5 Å². The Morgan fingerprint density at radius 3 is 2.30 bits per heavy atom. The summed E-state index contributed by atoms with van der Waals surface area (Å²) in [6, 6.07) is 27.8. The van der Waals surface area contributed by atoms with Crippen molar-refractivity contribution >= 4 is 17.5 Å².